The average Bonchev–Trinajstić information content (AvgIpc) is 3.38. The molecule has 0 bridgehead atoms. The number of amides is 4. The molecule has 1 atom stereocenters. The summed E-state index contributed by atoms with van der Waals surface area (Å²) in [5.74, 6) is 0.257. The van der Waals surface area contributed by atoms with Crippen LogP contribution in [0.15, 0.2) is 24.3 Å². The molecule has 30 heavy (non-hydrogen) atoms. The Balaban J connectivity index is 1.37. The van der Waals surface area contributed by atoms with Crippen LogP contribution in [0.5, 0.6) is 5.75 Å². The van der Waals surface area contributed by atoms with Crippen LogP contribution in [0.2, 0.25) is 0 Å². The van der Waals surface area contributed by atoms with E-state index in [-0.39, 0.29) is 24.7 Å². The summed E-state index contributed by atoms with van der Waals surface area (Å²) in [5.41, 5.74) is -0.581. The summed E-state index contributed by atoms with van der Waals surface area (Å²) in [6.45, 7) is 3.73. The first-order chi connectivity index (χ1) is 14.4. The Kier molecular flexibility index (Phi) is 5.66. The third kappa shape index (κ3) is 3.75. The van der Waals surface area contributed by atoms with Crippen molar-refractivity contribution in [3.05, 3.63) is 29.8 Å². The molecule has 3 aliphatic heterocycles. The number of hydrogen-bond donors (Lipinski definition) is 1. The Morgan fingerprint density at radius 2 is 1.80 bits per heavy atom. The molecule has 3 heterocycles. The minimum Gasteiger partial charge on any atom is -0.497 e. The maximum absolute atomic E-state index is 13.0. The van der Waals surface area contributed by atoms with E-state index in [4.69, 9.17) is 14.2 Å². The molecule has 4 rings (SSSR count). The number of piperidine rings is 1. The first-order valence-electron chi connectivity index (χ1n) is 10.2. The SMILES string of the molecule is COc1ccc(C2(C)NC(=O)N(CC(=O)N3CCC(C4OCCO4)CC3)C2=O)cc1. The lowest BCUT2D eigenvalue weighted by atomic mass is 9.92. The highest BCUT2D eigenvalue weighted by Gasteiger charge is 2.49. The highest BCUT2D eigenvalue weighted by Crippen LogP contribution is 2.30. The van der Waals surface area contributed by atoms with Gasteiger partial charge in [0.1, 0.15) is 17.8 Å². The minimum atomic E-state index is -1.21. The van der Waals surface area contributed by atoms with Crippen molar-refractivity contribution in [3.63, 3.8) is 0 Å². The van der Waals surface area contributed by atoms with Crippen molar-refractivity contribution in [1.29, 1.82) is 0 Å². The van der Waals surface area contributed by atoms with Crippen LogP contribution in [-0.2, 0) is 24.6 Å². The largest absolute Gasteiger partial charge is 0.497 e. The van der Waals surface area contributed by atoms with E-state index in [9.17, 15) is 14.4 Å². The highest BCUT2D eigenvalue weighted by molar-refractivity contribution is 6.09. The Bertz CT molecular complexity index is 815. The van der Waals surface area contributed by atoms with E-state index in [1.165, 1.54) is 0 Å². The van der Waals surface area contributed by atoms with Crippen LogP contribution < -0.4 is 10.1 Å². The topological polar surface area (TPSA) is 97.4 Å². The fourth-order valence-corrected chi connectivity index (χ4v) is 4.27. The second-order valence-corrected chi connectivity index (χ2v) is 8.00. The van der Waals surface area contributed by atoms with Crippen molar-refractivity contribution in [2.24, 2.45) is 5.92 Å². The van der Waals surface area contributed by atoms with Crippen LogP contribution in [0.1, 0.15) is 25.3 Å². The number of ether oxygens (including phenoxy) is 3. The molecule has 0 aromatic heterocycles. The highest BCUT2D eigenvalue weighted by atomic mass is 16.7. The van der Waals surface area contributed by atoms with Crippen molar-refractivity contribution >= 4 is 17.8 Å². The lowest BCUT2D eigenvalue weighted by Crippen LogP contribution is -2.47. The number of carbonyl (C=O) groups excluding carboxylic acids is 3. The number of urea groups is 1. The van der Waals surface area contributed by atoms with Gasteiger partial charge >= 0.3 is 6.03 Å². The molecule has 0 saturated carbocycles. The fraction of sp³-hybridized carbons (Fsp3) is 0.571. The van der Waals surface area contributed by atoms with Crippen molar-refractivity contribution in [2.45, 2.75) is 31.6 Å². The molecular weight excluding hydrogens is 390 g/mol. The van der Waals surface area contributed by atoms with Gasteiger partial charge in [-0.05, 0) is 37.5 Å². The van der Waals surface area contributed by atoms with Gasteiger partial charge in [-0.15, -0.1) is 0 Å². The number of rotatable bonds is 5. The lowest BCUT2D eigenvalue weighted by molar-refractivity contribution is -0.142. The van der Waals surface area contributed by atoms with Crippen LogP contribution in [-0.4, -0.2) is 73.9 Å². The second kappa shape index (κ2) is 8.23. The Hall–Kier alpha value is -2.65. The predicted octanol–water partition coefficient (Wildman–Crippen LogP) is 1.07. The smallest absolute Gasteiger partial charge is 0.325 e. The molecule has 0 radical (unpaired) electrons. The van der Waals surface area contributed by atoms with E-state index in [0.717, 1.165) is 17.7 Å². The standard InChI is InChI=1S/C21H27N3O6/c1-21(15-3-5-16(28-2)6-4-15)19(26)24(20(27)22-21)13-17(25)23-9-7-14(8-10-23)18-29-11-12-30-18/h3-6,14,18H,7-13H2,1-2H3,(H,22,27). The quantitative estimate of drug-likeness (QED) is 0.720. The first-order valence-corrected chi connectivity index (χ1v) is 10.2. The summed E-state index contributed by atoms with van der Waals surface area (Å²) in [4.78, 5) is 41.0. The number of hydrogen-bond acceptors (Lipinski definition) is 6. The van der Waals surface area contributed by atoms with Gasteiger partial charge in [0.2, 0.25) is 5.91 Å². The monoisotopic (exact) mass is 417 g/mol. The summed E-state index contributed by atoms with van der Waals surface area (Å²) in [6, 6.07) is 6.38. The van der Waals surface area contributed by atoms with Crippen LogP contribution >= 0.6 is 0 Å². The normalized spacial score (nSPS) is 25.7. The van der Waals surface area contributed by atoms with E-state index in [1.807, 2.05) is 0 Å². The van der Waals surface area contributed by atoms with Crippen LogP contribution in [0.25, 0.3) is 0 Å². The molecule has 9 nitrogen and oxygen atoms in total. The minimum absolute atomic E-state index is 0.182. The molecule has 3 saturated heterocycles. The first kappa shape index (κ1) is 20.6. The molecule has 9 heteroatoms. The number of methoxy groups -OCH3 is 1. The van der Waals surface area contributed by atoms with Gasteiger partial charge in [-0.25, -0.2) is 4.79 Å². The zero-order valence-electron chi connectivity index (χ0n) is 17.3. The van der Waals surface area contributed by atoms with Crippen LogP contribution in [0, 0.1) is 5.92 Å². The predicted molar refractivity (Wildman–Crippen MR) is 106 cm³/mol. The molecule has 1 aromatic carbocycles. The van der Waals surface area contributed by atoms with E-state index in [1.54, 1.807) is 43.2 Å². The molecule has 0 spiro atoms. The molecule has 3 fully saturated rings. The third-order valence-electron chi connectivity index (χ3n) is 6.16. The van der Waals surface area contributed by atoms with Crippen molar-refractivity contribution in [1.82, 2.24) is 15.1 Å². The van der Waals surface area contributed by atoms with Gasteiger partial charge in [0, 0.05) is 19.0 Å². The van der Waals surface area contributed by atoms with Crippen LogP contribution in [0.3, 0.4) is 0 Å². The van der Waals surface area contributed by atoms with Gasteiger partial charge < -0.3 is 24.4 Å². The molecule has 4 amide bonds. The number of nitrogens with zero attached hydrogens (tertiary/aromatic N) is 2. The molecule has 1 unspecified atom stereocenters. The summed E-state index contributed by atoms with van der Waals surface area (Å²) >= 11 is 0. The fourth-order valence-electron chi connectivity index (χ4n) is 4.27. The van der Waals surface area contributed by atoms with Crippen molar-refractivity contribution < 1.29 is 28.6 Å². The van der Waals surface area contributed by atoms with E-state index < -0.39 is 17.5 Å². The summed E-state index contributed by atoms with van der Waals surface area (Å²) < 4.78 is 16.3. The number of carbonyl (C=O) groups is 3. The third-order valence-corrected chi connectivity index (χ3v) is 6.16. The average molecular weight is 417 g/mol. The Labute approximate surface area is 175 Å². The van der Waals surface area contributed by atoms with E-state index in [2.05, 4.69) is 5.32 Å². The zero-order chi connectivity index (χ0) is 21.3. The molecule has 162 valence electrons. The van der Waals surface area contributed by atoms with Gasteiger partial charge in [0.05, 0.1) is 20.3 Å². The number of nitrogens with one attached hydrogen (secondary N) is 1. The molecule has 1 N–H and O–H groups in total. The van der Waals surface area contributed by atoms with Gasteiger partial charge in [0.25, 0.3) is 5.91 Å². The number of imide groups is 1. The van der Waals surface area contributed by atoms with Gasteiger partial charge in [0.15, 0.2) is 6.29 Å². The van der Waals surface area contributed by atoms with Crippen molar-refractivity contribution in [3.8, 4) is 5.75 Å². The molecule has 3 aliphatic rings. The maximum Gasteiger partial charge on any atom is 0.325 e. The Morgan fingerprint density at radius 3 is 2.40 bits per heavy atom. The van der Waals surface area contributed by atoms with E-state index >= 15 is 0 Å². The summed E-state index contributed by atoms with van der Waals surface area (Å²) in [7, 11) is 1.56. The maximum atomic E-state index is 13.0. The lowest BCUT2D eigenvalue weighted by Gasteiger charge is -2.34. The Morgan fingerprint density at radius 1 is 1.17 bits per heavy atom. The molecule has 1 aromatic rings. The van der Waals surface area contributed by atoms with Gasteiger partial charge in [-0.2, -0.15) is 0 Å². The zero-order valence-corrected chi connectivity index (χ0v) is 17.3. The van der Waals surface area contributed by atoms with Crippen molar-refractivity contribution in [2.75, 3.05) is 40.0 Å². The molecule has 0 aliphatic carbocycles. The number of likely N-dealkylation sites (tertiary alicyclic amines) is 1. The van der Waals surface area contributed by atoms with Gasteiger partial charge in [-0.1, -0.05) is 12.1 Å². The van der Waals surface area contributed by atoms with Crippen LogP contribution in [0.4, 0.5) is 4.79 Å². The molecular formula is C21H27N3O6. The number of benzene rings is 1. The summed E-state index contributed by atoms with van der Waals surface area (Å²) in [5, 5.41) is 2.73. The summed E-state index contributed by atoms with van der Waals surface area (Å²) in [6.07, 6.45) is 1.37. The van der Waals surface area contributed by atoms with Gasteiger partial charge in [-0.3, -0.25) is 14.5 Å². The second-order valence-electron chi connectivity index (χ2n) is 8.00. The van der Waals surface area contributed by atoms with E-state index in [0.29, 0.717) is 37.6 Å².